The number of hydrogen-bond acceptors (Lipinski definition) is 4. The van der Waals surface area contributed by atoms with Gasteiger partial charge in [-0.15, -0.1) is 0 Å². The maximum absolute atomic E-state index is 12.1. The molecule has 0 spiro atoms. The number of nitrogens with one attached hydrogen (secondary N) is 1. The van der Waals surface area contributed by atoms with Crippen molar-refractivity contribution in [3.05, 3.63) is 72.4 Å². The number of benzene rings is 1. The molecule has 26 heavy (non-hydrogen) atoms. The maximum Gasteiger partial charge on any atom is 0.387 e. The van der Waals surface area contributed by atoms with Crippen LogP contribution in [0, 0.1) is 0 Å². The van der Waals surface area contributed by atoms with Gasteiger partial charge in [-0.1, -0.05) is 18.2 Å². The monoisotopic (exact) mass is 358 g/mol. The number of halogens is 2. The van der Waals surface area contributed by atoms with Crippen LogP contribution in [0.25, 0.3) is 5.82 Å². The third kappa shape index (κ3) is 4.62. The Morgan fingerprint density at radius 3 is 2.69 bits per heavy atom. The van der Waals surface area contributed by atoms with Gasteiger partial charge in [-0.3, -0.25) is 9.36 Å². The second-order valence-electron chi connectivity index (χ2n) is 5.43. The van der Waals surface area contributed by atoms with Gasteiger partial charge in [0, 0.05) is 30.7 Å². The predicted octanol–water partition coefficient (Wildman–Crippen LogP) is 2.73. The molecule has 0 aliphatic carbocycles. The summed E-state index contributed by atoms with van der Waals surface area (Å²) >= 11 is 0. The molecule has 0 atom stereocenters. The van der Waals surface area contributed by atoms with Gasteiger partial charge in [-0.25, -0.2) is 9.97 Å². The lowest BCUT2D eigenvalue weighted by atomic mass is 10.1. The van der Waals surface area contributed by atoms with E-state index in [1.165, 1.54) is 12.1 Å². The summed E-state index contributed by atoms with van der Waals surface area (Å²) in [5.74, 6) is 0.566. The lowest BCUT2D eigenvalue weighted by molar-refractivity contribution is -0.120. The molecule has 0 fully saturated rings. The molecule has 0 aliphatic heterocycles. The normalized spacial score (nSPS) is 10.7. The molecule has 0 saturated heterocycles. The van der Waals surface area contributed by atoms with E-state index in [4.69, 9.17) is 0 Å². The van der Waals surface area contributed by atoms with Gasteiger partial charge in [-0.2, -0.15) is 8.78 Å². The number of alkyl halides is 2. The van der Waals surface area contributed by atoms with Crippen LogP contribution in [0.3, 0.4) is 0 Å². The molecule has 0 radical (unpaired) electrons. The highest BCUT2D eigenvalue weighted by Crippen LogP contribution is 2.15. The molecule has 0 aliphatic rings. The number of carbonyl (C=O) groups is 1. The first kappa shape index (κ1) is 17.5. The Balaban J connectivity index is 1.58. The second-order valence-corrected chi connectivity index (χ2v) is 5.43. The van der Waals surface area contributed by atoms with Crippen molar-refractivity contribution in [2.75, 3.05) is 0 Å². The minimum atomic E-state index is -2.87. The zero-order valence-corrected chi connectivity index (χ0v) is 13.7. The van der Waals surface area contributed by atoms with Crippen LogP contribution in [0.5, 0.6) is 5.75 Å². The minimum Gasteiger partial charge on any atom is -0.435 e. The van der Waals surface area contributed by atoms with Crippen molar-refractivity contribution in [2.24, 2.45) is 0 Å². The van der Waals surface area contributed by atoms with Crippen molar-refractivity contribution in [1.29, 1.82) is 0 Å². The summed E-state index contributed by atoms with van der Waals surface area (Å²) in [6.07, 6.45) is 6.87. The van der Waals surface area contributed by atoms with Crippen molar-refractivity contribution in [3.63, 3.8) is 0 Å². The lowest BCUT2D eigenvalue weighted by Crippen LogP contribution is -2.25. The van der Waals surface area contributed by atoms with Gasteiger partial charge in [0.25, 0.3) is 0 Å². The van der Waals surface area contributed by atoms with Gasteiger partial charge in [0.15, 0.2) is 0 Å². The van der Waals surface area contributed by atoms with Gasteiger partial charge >= 0.3 is 6.61 Å². The van der Waals surface area contributed by atoms with Crippen LogP contribution in [-0.2, 0) is 17.8 Å². The highest BCUT2D eigenvalue weighted by Gasteiger charge is 2.09. The molecule has 3 aromatic rings. The zero-order valence-electron chi connectivity index (χ0n) is 13.7. The van der Waals surface area contributed by atoms with E-state index < -0.39 is 6.61 Å². The highest BCUT2D eigenvalue weighted by atomic mass is 19.3. The molecular weight excluding hydrogens is 342 g/mol. The zero-order chi connectivity index (χ0) is 18.4. The summed E-state index contributed by atoms with van der Waals surface area (Å²) < 4.78 is 30.3. The molecule has 1 amide bonds. The Morgan fingerprint density at radius 2 is 2.00 bits per heavy atom. The van der Waals surface area contributed by atoms with Crippen molar-refractivity contribution >= 4 is 5.91 Å². The number of rotatable bonds is 7. The Hall–Kier alpha value is -3.29. The Morgan fingerprint density at radius 1 is 1.19 bits per heavy atom. The standard InChI is InChI=1S/C18H16F2N4O2/c19-18(20)26-15-5-3-13(4-6-15)10-16(25)23-11-14-2-1-7-22-17(14)24-9-8-21-12-24/h1-9,12,18H,10-11H2,(H,23,25). The third-order valence-corrected chi connectivity index (χ3v) is 3.61. The van der Waals surface area contributed by atoms with Crippen LogP contribution >= 0.6 is 0 Å². The average molecular weight is 358 g/mol. The number of nitrogens with zero attached hydrogens (tertiary/aromatic N) is 3. The second kappa shape index (κ2) is 8.19. The molecule has 8 heteroatoms. The fraction of sp³-hybridized carbons (Fsp3) is 0.167. The van der Waals surface area contributed by atoms with E-state index >= 15 is 0 Å². The van der Waals surface area contributed by atoms with Crippen LogP contribution < -0.4 is 10.1 Å². The van der Waals surface area contributed by atoms with Crippen LogP contribution in [0.15, 0.2) is 61.3 Å². The van der Waals surface area contributed by atoms with Crippen molar-refractivity contribution < 1.29 is 18.3 Å². The van der Waals surface area contributed by atoms with Crippen LogP contribution in [-0.4, -0.2) is 27.1 Å². The van der Waals surface area contributed by atoms with Crippen molar-refractivity contribution in [2.45, 2.75) is 19.6 Å². The van der Waals surface area contributed by atoms with Crippen LogP contribution in [0.1, 0.15) is 11.1 Å². The molecule has 134 valence electrons. The fourth-order valence-corrected chi connectivity index (χ4v) is 2.42. The quantitative estimate of drug-likeness (QED) is 0.705. The van der Waals surface area contributed by atoms with Crippen molar-refractivity contribution in [3.8, 4) is 11.6 Å². The van der Waals surface area contributed by atoms with E-state index in [0.29, 0.717) is 17.9 Å². The molecule has 0 saturated carbocycles. The Labute approximate surface area is 148 Å². The van der Waals surface area contributed by atoms with Gasteiger partial charge in [0.1, 0.15) is 17.9 Å². The molecule has 1 aromatic carbocycles. The van der Waals surface area contributed by atoms with Crippen LogP contribution in [0.2, 0.25) is 0 Å². The first-order valence-electron chi connectivity index (χ1n) is 7.84. The third-order valence-electron chi connectivity index (χ3n) is 3.61. The summed E-state index contributed by atoms with van der Waals surface area (Å²) in [5.41, 5.74) is 1.55. The molecule has 0 bridgehead atoms. The van der Waals surface area contributed by atoms with Gasteiger partial charge in [0.2, 0.25) is 5.91 Å². The molecular formula is C18H16F2N4O2. The van der Waals surface area contributed by atoms with Gasteiger partial charge in [-0.05, 0) is 23.8 Å². The maximum atomic E-state index is 12.1. The first-order chi connectivity index (χ1) is 12.6. The number of hydrogen-bond donors (Lipinski definition) is 1. The van der Waals surface area contributed by atoms with E-state index in [1.807, 2.05) is 6.07 Å². The van der Waals surface area contributed by atoms with E-state index in [1.54, 1.807) is 47.7 Å². The number of imidazole rings is 1. The van der Waals surface area contributed by atoms with E-state index in [0.717, 1.165) is 5.56 Å². The number of ether oxygens (including phenoxy) is 1. The molecule has 2 aromatic heterocycles. The first-order valence-corrected chi connectivity index (χ1v) is 7.84. The van der Waals surface area contributed by atoms with Gasteiger partial charge in [0.05, 0.1) is 6.42 Å². The summed E-state index contributed by atoms with van der Waals surface area (Å²) in [5, 5.41) is 2.83. The van der Waals surface area contributed by atoms with Crippen LogP contribution in [0.4, 0.5) is 8.78 Å². The SMILES string of the molecule is O=C(Cc1ccc(OC(F)F)cc1)NCc1cccnc1-n1ccnc1. The number of aromatic nitrogens is 3. The Bertz CT molecular complexity index is 852. The smallest absolute Gasteiger partial charge is 0.387 e. The summed E-state index contributed by atoms with van der Waals surface area (Å²) in [6.45, 7) is -2.56. The lowest BCUT2D eigenvalue weighted by Gasteiger charge is -2.10. The van der Waals surface area contributed by atoms with Gasteiger partial charge < -0.3 is 10.1 Å². The van der Waals surface area contributed by atoms with E-state index in [2.05, 4.69) is 20.0 Å². The predicted molar refractivity (Wildman–Crippen MR) is 90.0 cm³/mol. The number of pyridine rings is 1. The topological polar surface area (TPSA) is 69.0 Å². The molecule has 0 unspecified atom stereocenters. The largest absolute Gasteiger partial charge is 0.435 e. The summed E-state index contributed by atoms with van der Waals surface area (Å²) in [6, 6.07) is 9.65. The summed E-state index contributed by atoms with van der Waals surface area (Å²) in [7, 11) is 0. The van der Waals surface area contributed by atoms with Crippen molar-refractivity contribution in [1.82, 2.24) is 19.9 Å². The van der Waals surface area contributed by atoms with E-state index in [9.17, 15) is 13.6 Å². The highest BCUT2D eigenvalue weighted by molar-refractivity contribution is 5.78. The minimum absolute atomic E-state index is 0.0597. The molecule has 1 N–H and O–H groups in total. The number of carbonyl (C=O) groups excluding carboxylic acids is 1. The van der Waals surface area contributed by atoms with E-state index in [-0.39, 0.29) is 18.1 Å². The molecule has 6 nitrogen and oxygen atoms in total. The Kier molecular flexibility index (Phi) is 5.52. The average Bonchev–Trinajstić information content (AvgIpc) is 3.16. The molecule has 2 heterocycles. The number of amides is 1. The molecule has 3 rings (SSSR count). The fourth-order valence-electron chi connectivity index (χ4n) is 2.42. The summed E-state index contributed by atoms with van der Waals surface area (Å²) in [4.78, 5) is 20.5.